The lowest BCUT2D eigenvalue weighted by Gasteiger charge is -2.33. The lowest BCUT2D eigenvalue weighted by atomic mass is 10.3. The molecule has 0 radical (unpaired) electrons. The fraction of sp³-hybridized carbons (Fsp3) is 0.312. The second-order valence-corrected chi connectivity index (χ2v) is 8.32. The molecule has 0 unspecified atom stereocenters. The van der Waals surface area contributed by atoms with E-state index in [4.69, 9.17) is 16.1 Å². The summed E-state index contributed by atoms with van der Waals surface area (Å²) in [5.41, 5.74) is 0. The molecule has 0 atom stereocenters. The van der Waals surface area contributed by atoms with E-state index in [1.807, 2.05) is 22.4 Å². The monoisotopic (exact) mass is 394 g/mol. The van der Waals surface area contributed by atoms with Crippen molar-refractivity contribution in [1.82, 2.24) is 19.9 Å². The first-order valence-electron chi connectivity index (χ1n) is 7.82. The molecule has 25 heavy (non-hydrogen) atoms. The number of halogens is 1. The predicted molar refractivity (Wildman–Crippen MR) is 98.1 cm³/mol. The van der Waals surface area contributed by atoms with Gasteiger partial charge in [-0.25, -0.2) is 0 Å². The van der Waals surface area contributed by atoms with Gasteiger partial charge in [-0.1, -0.05) is 22.8 Å². The summed E-state index contributed by atoms with van der Waals surface area (Å²) in [4.78, 5) is 22.7. The molecular formula is C16H15ClN4O2S2. The van der Waals surface area contributed by atoms with Gasteiger partial charge in [-0.05, 0) is 23.6 Å². The van der Waals surface area contributed by atoms with Crippen LogP contribution in [0.1, 0.15) is 15.6 Å². The minimum absolute atomic E-state index is 0.0503. The van der Waals surface area contributed by atoms with E-state index in [0.29, 0.717) is 40.6 Å². The third-order valence-electron chi connectivity index (χ3n) is 4.01. The molecule has 0 N–H and O–H groups in total. The van der Waals surface area contributed by atoms with E-state index in [1.165, 1.54) is 11.3 Å². The molecule has 9 heteroatoms. The number of hydrogen-bond acceptors (Lipinski definition) is 7. The first-order chi connectivity index (χ1) is 12.2. The van der Waals surface area contributed by atoms with Crippen LogP contribution in [-0.4, -0.2) is 52.0 Å². The number of thiophene rings is 2. The van der Waals surface area contributed by atoms with Gasteiger partial charge in [-0.2, -0.15) is 4.98 Å². The largest absolute Gasteiger partial charge is 0.338 e. The minimum Gasteiger partial charge on any atom is -0.338 e. The second kappa shape index (κ2) is 7.25. The molecule has 130 valence electrons. The molecule has 6 nitrogen and oxygen atoms in total. The number of piperazine rings is 1. The summed E-state index contributed by atoms with van der Waals surface area (Å²) >= 11 is 8.82. The summed E-state index contributed by atoms with van der Waals surface area (Å²) in [6.45, 7) is 3.52. The highest BCUT2D eigenvalue weighted by atomic mass is 35.5. The van der Waals surface area contributed by atoms with Crippen molar-refractivity contribution in [2.45, 2.75) is 6.54 Å². The summed E-state index contributed by atoms with van der Waals surface area (Å²) in [7, 11) is 0. The Morgan fingerprint density at radius 2 is 2.08 bits per heavy atom. The zero-order valence-corrected chi connectivity index (χ0v) is 15.6. The van der Waals surface area contributed by atoms with Crippen molar-refractivity contribution in [2.24, 2.45) is 0 Å². The van der Waals surface area contributed by atoms with Gasteiger partial charge in [0.15, 0.2) is 0 Å². The fourth-order valence-corrected chi connectivity index (χ4v) is 4.37. The Morgan fingerprint density at radius 1 is 1.24 bits per heavy atom. The molecular weight excluding hydrogens is 380 g/mol. The lowest BCUT2D eigenvalue weighted by Crippen LogP contribution is -2.48. The molecule has 4 rings (SSSR count). The van der Waals surface area contributed by atoms with E-state index in [9.17, 15) is 4.79 Å². The smallest absolute Gasteiger partial charge is 0.264 e. The number of amides is 1. The van der Waals surface area contributed by atoms with E-state index in [2.05, 4.69) is 15.0 Å². The maximum atomic E-state index is 12.4. The number of rotatable bonds is 4. The average molecular weight is 395 g/mol. The minimum atomic E-state index is 0.0503. The van der Waals surface area contributed by atoms with Crippen LogP contribution in [0.15, 0.2) is 34.2 Å². The Balaban J connectivity index is 1.32. The maximum absolute atomic E-state index is 12.4. The molecule has 1 saturated heterocycles. The first kappa shape index (κ1) is 16.7. The van der Waals surface area contributed by atoms with Gasteiger partial charge >= 0.3 is 0 Å². The van der Waals surface area contributed by atoms with E-state index < -0.39 is 0 Å². The van der Waals surface area contributed by atoms with Crippen LogP contribution in [-0.2, 0) is 6.54 Å². The van der Waals surface area contributed by atoms with Crippen molar-refractivity contribution in [3.8, 4) is 10.7 Å². The average Bonchev–Trinajstić information content (AvgIpc) is 3.36. The summed E-state index contributed by atoms with van der Waals surface area (Å²) in [6.07, 6.45) is 0. The van der Waals surface area contributed by atoms with Gasteiger partial charge in [0.2, 0.25) is 11.7 Å². The van der Waals surface area contributed by atoms with Crippen molar-refractivity contribution < 1.29 is 9.32 Å². The number of carbonyl (C=O) groups is 1. The Morgan fingerprint density at radius 3 is 2.76 bits per heavy atom. The highest BCUT2D eigenvalue weighted by molar-refractivity contribution is 7.18. The summed E-state index contributed by atoms with van der Waals surface area (Å²) in [5, 5.41) is 6.02. The van der Waals surface area contributed by atoms with Crippen molar-refractivity contribution in [3.05, 3.63) is 44.7 Å². The molecule has 1 amide bonds. The van der Waals surface area contributed by atoms with Crippen LogP contribution in [0, 0.1) is 0 Å². The second-order valence-electron chi connectivity index (χ2n) is 5.66. The van der Waals surface area contributed by atoms with Crippen molar-refractivity contribution >= 4 is 40.2 Å². The van der Waals surface area contributed by atoms with Gasteiger partial charge in [0.1, 0.15) is 0 Å². The molecule has 1 fully saturated rings. The molecule has 1 aliphatic heterocycles. The quantitative estimate of drug-likeness (QED) is 0.678. The number of nitrogens with zero attached hydrogens (tertiary/aromatic N) is 4. The van der Waals surface area contributed by atoms with Gasteiger partial charge in [-0.3, -0.25) is 9.69 Å². The molecule has 0 spiro atoms. The summed E-state index contributed by atoms with van der Waals surface area (Å²) < 4.78 is 5.99. The Hall–Kier alpha value is -1.74. The van der Waals surface area contributed by atoms with Gasteiger partial charge in [0.25, 0.3) is 5.91 Å². The van der Waals surface area contributed by atoms with Crippen LogP contribution in [0.3, 0.4) is 0 Å². The Labute approximate surface area is 157 Å². The normalized spacial score (nSPS) is 15.6. The third kappa shape index (κ3) is 3.77. The Bertz CT molecular complexity index is 853. The van der Waals surface area contributed by atoms with Crippen molar-refractivity contribution in [2.75, 3.05) is 26.2 Å². The van der Waals surface area contributed by atoms with Crippen LogP contribution in [0.5, 0.6) is 0 Å². The van der Waals surface area contributed by atoms with Gasteiger partial charge in [0, 0.05) is 26.2 Å². The van der Waals surface area contributed by atoms with Crippen LogP contribution in [0.25, 0.3) is 10.7 Å². The van der Waals surface area contributed by atoms with Gasteiger partial charge < -0.3 is 9.42 Å². The number of hydrogen-bond donors (Lipinski definition) is 0. The maximum Gasteiger partial charge on any atom is 0.264 e. The molecule has 3 aromatic rings. The van der Waals surface area contributed by atoms with Gasteiger partial charge in [-0.15, -0.1) is 22.7 Å². The van der Waals surface area contributed by atoms with Crippen molar-refractivity contribution in [1.29, 1.82) is 0 Å². The SMILES string of the molecule is O=C(c1ccc(Cl)s1)N1CCN(Cc2nc(-c3cccs3)no2)CC1. The zero-order valence-electron chi connectivity index (χ0n) is 13.2. The van der Waals surface area contributed by atoms with Crippen LogP contribution in [0.2, 0.25) is 4.34 Å². The van der Waals surface area contributed by atoms with Crippen LogP contribution in [0.4, 0.5) is 0 Å². The number of carbonyl (C=O) groups excluding carboxylic acids is 1. The third-order valence-corrected chi connectivity index (χ3v) is 6.10. The molecule has 1 aliphatic rings. The summed E-state index contributed by atoms with van der Waals surface area (Å²) in [6, 6.07) is 7.48. The topological polar surface area (TPSA) is 62.5 Å². The van der Waals surface area contributed by atoms with E-state index in [0.717, 1.165) is 18.0 Å². The first-order valence-corrected chi connectivity index (χ1v) is 9.90. The van der Waals surface area contributed by atoms with E-state index in [-0.39, 0.29) is 5.91 Å². The highest BCUT2D eigenvalue weighted by Crippen LogP contribution is 2.24. The molecule has 0 saturated carbocycles. The van der Waals surface area contributed by atoms with Gasteiger partial charge in [0.05, 0.1) is 20.6 Å². The van der Waals surface area contributed by atoms with E-state index in [1.54, 1.807) is 23.5 Å². The highest BCUT2D eigenvalue weighted by Gasteiger charge is 2.24. The molecule has 4 heterocycles. The lowest BCUT2D eigenvalue weighted by molar-refractivity contribution is 0.0620. The van der Waals surface area contributed by atoms with Crippen LogP contribution < -0.4 is 0 Å². The molecule has 0 aliphatic carbocycles. The molecule has 0 aromatic carbocycles. The molecule has 0 bridgehead atoms. The summed E-state index contributed by atoms with van der Waals surface area (Å²) in [5.74, 6) is 1.29. The fourth-order valence-electron chi connectivity index (χ4n) is 2.71. The molecule has 3 aromatic heterocycles. The van der Waals surface area contributed by atoms with Crippen molar-refractivity contribution in [3.63, 3.8) is 0 Å². The van der Waals surface area contributed by atoms with E-state index >= 15 is 0 Å². The predicted octanol–water partition coefficient (Wildman–Crippen LogP) is 3.47. The van der Waals surface area contributed by atoms with Crippen LogP contribution >= 0.6 is 34.3 Å². The Kier molecular flexibility index (Phi) is 4.85. The number of aromatic nitrogens is 2. The zero-order chi connectivity index (χ0) is 17.2. The standard InChI is InChI=1S/C16H15ClN4O2S2/c17-13-4-3-12(25-13)16(22)21-7-5-20(6-8-21)10-14-18-15(19-23-14)11-2-1-9-24-11/h1-4,9H,5-8,10H2.